The molecule has 1 aliphatic carbocycles. The van der Waals surface area contributed by atoms with Gasteiger partial charge in [-0.1, -0.05) is 6.42 Å². The van der Waals surface area contributed by atoms with E-state index < -0.39 is 0 Å². The number of aliphatic hydroxyl groups excluding tert-OH is 1. The van der Waals surface area contributed by atoms with Gasteiger partial charge in [0.25, 0.3) is 0 Å². The first-order chi connectivity index (χ1) is 8.77. The van der Waals surface area contributed by atoms with Gasteiger partial charge >= 0.3 is 5.97 Å². The molecule has 0 aromatic heterocycles. The predicted octanol–water partition coefficient (Wildman–Crippen LogP) is 0.707. The van der Waals surface area contributed by atoms with Crippen molar-refractivity contribution < 1.29 is 19.4 Å². The van der Waals surface area contributed by atoms with Crippen LogP contribution in [-0.2, 0) is 14.3 Å². The summed E-state index contributed by atoms with van der Waals surface area (Å²) in [5.41, 5.74) is 0. The van der Waals surface area contributed by atoms with Crippen molar-refractivity contribution in [1.82, 2.24) is 5.32 Å². The molecule has 0 bridgehead atoms. The van der Waals surface area contributed by atoms with Gasteiger partial charge in [-0.25, -0.2) is 0 Å². The highest BCUT2D eigenvalue weighted by atomic mass is 16.5. The molecule has 0 spiro atoms. The molecule has 0 aromatic rings. The molecule has 2 unspecified atom stereocenters. The third kappa shape index (κ3) is 5.80. The van der Waals surface area contributed by atoms with E-state index in [0.717, 1.165) is 32.2 Å². The summed E-state index contributed by atoms with van der Waals surface area (Å²) in [4.78, 5) is 11.7. The average molecular weight is 259 g/mol. The number of carbonyl (C=O) groups is 1. The van der Waals surface area contributed by atoms with Gasteiger partial charge in [-0.15, -0.1) is 0 Å². The van der Waals surface area contributed by atoms with E-state index in [1.54, 1.807) is 0 Å². The van der Waals surface area contributed by atoms with Crippen LogP contribution in [0.25, 0.3) is 0 Å². The van der Waals surface area contributed by atoms with Crippen LogP contribution in [0, 0.1) is 5.92 Å². The molecule has 1 aliphatic rings. The van der Waals surface area contributed by atoms with Crippen molar-refractivity contribution in [2.75, 3.05) is 33.0 Å². The fourth-order valence-electron chi connectivity index (χ4n) is 2.35. The molecule has 5 heteroatoms. The zero-order valence-corrected chi connectivity index (χ0v) is 11.2. The lowest BCUT2D eigenvalue weighted by atomic mass is 9.86. The Hall–Kier alpha value is -0.650. The number of aliphatic hydroxyl groups is 1. The Balaban J connectivity index is 2.16. The van der Waals surface area contributed by atoms with Gasteiger partial charge < -0.3 is 19.9 Å². The minimum Gasteiger partial charge on any atom is -0.466 e. The maximum absolute atomic E-state index is 11.7. The van der Waals surface area contributed by atoms with Crippen LogP contribution in [0.4, 0.5) is 0 Å². The molecule has 1 fully saturated rings. The monoisotopic (exact) mass is 259 g/mol. The van der Waals surface area contributed by atoms with Gasteiger partial charge in [-0.05, 0) is 26.2 Å². The molecule has 0 radical (unpaired) electrons. The third-order valence-corrected chi connectivity index (χ3v) is 3.21. The van der Waals surface area contributed by atoms with E-state index in [2.05, 4.69) is 5.32 Å². The lowest BCUT2D eigenvalue weighted by Gasteiger charge is -2.28. The fraction of sp³-hybridized carbons (Fsp3) is 0.923. The molecular weight excluding hydrogens is 234 g/mol. The first-order valence-corrected chi connectivity index (χ1v) is 6.86. The van der Waals surface area contributed by atoms with Crippen molar-refractivity contribution in [2.45, 2.75) is 38.6 Å². The van der Waals surface area contributed by atoms with E-state index in [0.29, 0.717) is 25.9 Å². The topological polar surface area (TPSA) is 67.8 Å². The van der Waals surface area contributed by atoms with E-state index >= 15 is 0 Å². The Labute approximate surface area is 109 Å². The summed E-state index contributed by atoms with van der Waals surface area (Å²) in [5.74, 6) is -0.00455. The number of esters is 1. The second kappa shape index (κ2) is 9.30. The van der Waals surface area contributed by atoms with Crippen LogP contribution in [0.3, 0.4) is 0 Å². The Bertz CT molecular complexity index is 235. The molecule has 0 aliphatic heterocycles. The number of carbonyl (C=O) groups excluding carboxylic acids is 1. The lowest BCUT2D eigenvalue weighted by molar-refractivity contribution is -0.149. The second-order valence-electron chi connectivity index (χ2n) is 4.60. The fourth-order valence-corrected chi connectivity index (χ4v) is 2.35. The van der Waals surface area contributed by atoms with Gasteiger partial charge in [-0.2, -0.15) is 0 Å². The van der Waals surface area contributed by atoms with Gasteiger partial charge in [0.1, 0.15) is 0 Å². The molecule has 106 valence electrons. The number of hydrogen-bond donors (Lipinski definition) is 2. The Morgan fingerprint density at radius 2 is 2.22 bits per heavy atom. The van der Waals surface area contributed by atoms with Crippen LogP contribution >= 0.6 is 0 Å². The van der Waals surface area contributed by atoms with Crippen LogP contribution in [-0.4, -0.2) is 50.1 Å². The first-order valence-electron chi connectivity index (χ1n) is 6.86. The second-order valence-corrected chi connectivity index (χ2v) is 4.60. The first kappa shape index (κ1) is 15.4. The Morgan fingerprint density at radius 3 is 2.94 bits per heavy atom. The van der Waals surface area contributed by atoms with E-state index in [9.17, 15) is 4.79 Å². The van der Waals surface area contributed by atoms with Crippen molar-refractivity contribution in [3.63, 3.8) is 0 Å². The standard InChI is InChI=1S/C13H25NO4/c1-2-18-13(16)11-4-3-5-12(10-11)14-6-8-17-9-7-15/h11-12,14-15H,2-10H2,1H3. The molecule has 1 rings (SSSR count). The molecule has 0 heterocycles. The number of ether oxygens (including phenoxy) is 2. The van der Waals surface area contributed by atoms with Crippen LogP contribution in [0.1, 0.15) is 32.6 Å². The molecule has 2 N–H and O–H groups in total. The summed E-state index contributed by atoms with van der Waals surface area (Å²) in [5, 5.41) is 12.0. The van der Waals surface area contributed by atoms with Crippen LogP contribution in [0.2, 0.25) is 0 Å². The summed E-state index contributed by atoms with van der Waals surface area (Å²) >= 11 is 0. The predicted molar refractivity (Wildman–Crippen MR) is 68.3 cm³/mol. The number of rotatable bonds is 8. The van der Waals surface area contributed by atoms with E-state index in [1.165, 1.54) is 0 Å². The summed E-state index contributed by atoms with van der Waals surface area (Å²) in [6, 6.07) is 0.380. The SMILES string of the molecule is CCOC(=O)C1CCCC(NCCOCCO)C1. The molecule has 5 nitrogen and oxygen atoms in total. The van der Waals surface area contributed by atoms with Crippen LogP contribution < -0.4 is 5.32 Å². The normalized spacial score (nSPS) is 23.9. The highest BCUT2D eigenvalue weighted by molar-refractivity contribution is 5.72. The van der Waals surface area contributed by atoms with Crippen molar-refractivity contribution in [3.05, 3.63) is 0 Å². The van der Waals surface area contributed by atoms with E-state index in [4.69, 9.17) is 14.6 Å². The summed E-state index contributed by atoms with van der Waals surface area (Å²) in [6.07, 6.45) is 3.98. The molecule has 18 heavy (non-hydrogen) atoms. The van der Waals surface area contributed by atoms with Gasteiger partial charge in [0.2, 0.25) is 0 Å². The third-order valence-electron chi connectivity index (χ3n) is 3.21. The summed E-state index contributed by atoms with van der Waals surface area (Å²) in [7, 11) is 0. The van der Waals surface area contributed by atoms with Gasteiger partial charge in [-0.3, -0.25) is 4.79 Å². The van der Waals surface area contributed by atoms with E-state index in [1.807, 2.05) is 6.92 Å². The highest BCUT2D eigenvalue weighted by Gasteiger charge is 2.27. The minimum atomic E-state index is -0.0551. The maximum atomic E-state index is 11.7. The average Bonchev–Trinajstić information content (AvgIpc) is 2.39. The van der Waals surface area contributed by atoms with Crippen LogP contribution in [0.5, 0.6) is 0 Å². The Kier molecular flexibility index (Phi) is 7.96. The molecular formula is C13H25NO4. The number of nitrogens with one attached hydrogen (secondary N) is 1. The largest absolute Gasteiger partial charge is 0.466 e. The maximum Gasteiger partial charge on any atom is 0.308 e. The smallest absolute Gasteiger partial charge is 0.308 e. The minimum absolute atomic E-state index is 0.0505. The van der Waals surface area contributed by atoms with Crippen molar-refractivity contribution in [2.24, 2.45) is 5.92 Å². The Morgan fingerprint density at radius 1 is 1.39 bits per heavy atom. The summed E-state index contributed by atoms with van der Waals surface area (Å²) < 4.78 is 10.3. The quantitative estimate of drug-likeness (QED) is 0.496. The summed E-state index contributed by atoms with van der Waals surface area (Å²) in [6.45, 7) is 4.12. The zero-order chi connectivity index (χ0) is 13.2. The van der Waals surface area contributed by atoms with Crippen LogP contribution in [0.15, 0.2) is 0 Å². The molecule has 0 aromatic carbocycles. The molecule has 2 atom stereocenters. The van der Waals surface area contributed by atoms with Gasteiger partial charge in [0.05, 0.1) is 32.3 Å². The van der Waals surface area contributed by atoms with Crippen molar-refractivity contribution in [1.29, 1.82) is 0 Å². The van der Waals surface area contributed by atoms with Crippen molar-refractivity contribution in [3.8, 4) is 0 Å². The number of hydrogen-bond acceptors (Lipinski definition) is 5. The molecule has 0 saturated heterocycles. The lowest BCUT2D eigenvalue weighted by Crippen LogP contribution is -2.38. The van der Waals surface area contributed by atoms with E-state index in [-0.39, 0.29) is 18.5 Å². The van der Waals surface area contributed by atoms with Crippen molar-refractivity contribution >= 4 is 5.97 Å². The highest BCUT2D eigenvalue weighted by Crippen LogP contribution is 2.25. The molecule has 0 amide bonds. The van der Waals surface area contributed by atoms with Gasteiger partial charge in [0.15, 0.2) is 0 Å². The van der Waals surface area contributed by atoms with Gasteiger partial charge in [0, 0.05) is 12.6 Å². The zero-order valence-electron chi connectivity index (χ0n) is 11.2. The molecule has 1 saturated carbocycles.